The lowest BCUT2D eigenvalue weighted by atomic mass is 10.1. The number of carbonyl (C=O) groups is 2. The predicted octanol–water partition coefficient (Wildman–Crippen LogP) is 1.95. The number of hydrogen-bond acceptors (Lipinski definition) is 2. The van der Waals surface area contributed by atoms with Crippen molar-refractivity contribution in [1.29, 1.82) is 0 Å². The normalized spacial score (nSPS) is 15.2. The van der Waals surface area contributed by atoms with E-state index in [0.717, 1.165) is 12.1 Å². The highest BCUT2D eigenvalue weighted by Gasteiger charge is 2.18. The highest BCUT2D eigenvalue weighted by atomic mass is 35.5. The fourth-order valence-corrected chi connectivity index (χ4v) is 3.66. The standard InChI is InChI=1S/C22H26ClN3O2/c1-16(25-22(28)19-6-2-3-7-20(19)23)21(27)24-14-17-8-10-18(11-9-17)15-26-12-4-5-13-26/h2-3,6-11,16H,4-5,12-15H2,1H3,(H,24,27)(H,25,28)/p+1/t16-/m0/s1. The monoisotopic (exact) mass is 400 g/mol. The van der Waals surface area contributed by atoms with Gasteiger partial charge < -0.3 is 15.5 Å². The van der Waals surface area contributed by atoms with E-state index in [9.17, 15) is 9.59 Å². The van der Waals surface area contributed by atoms with Crippen LogP contribution >= 0.6 is 11.6 Å². The van der Waals surface area contributed by atoms with Crippen LogP contribution in [0.4, 0.5) is 0 Å². The second-order valence-electron chi connectivity index (χ2n) is 7.34. The molecular formula is C22H27ClN3O2+. The first-order valence-corrected chi connectivity index (χ1v) is 10.1. The Kier molecular flexibility index (Phi) is 7.06. The average molecular weight is 401 g/mol. The first kappa shape index (κ1) is 20.4. The summed E-state index contributed by atoms with van der Waals surface area (Å²) in [7, 11) is 0. The van der Waals surface area contributed by atoms with Crippen LogP contribution in [0, 0.1) is 0 Å². The molecule has 1 fully saturated rings. The largest absolute Gasteiger partial charge is 0.350 e. The van der Waals surface area contributed by atoms with Gasteiger partial charge in [-0.15, -0.1) is 0 Å². The highest BCUT2D eigenvalue weighted by molar-refractivity contribution is 6.33. The molecule has 0 spiro atoms. The number of rotatable bonds is 7. The number of nitrogens with one attached hydrogen (secondary N) is 3. The smallest absolute Gasteiger partial charge is 0.253 e. The van der Waals surface area contributed by atoms with Gasteiger partial charge >= 0.3 is 0 Å². The number of carbonyl (C=O) groups excluding carboxylic acids is 2. The van der Waals surface area contributed by atoms with Gasteiger partial charge in [0.05, 0.1) is 23.7 Å². The Balaban J connectivity index is 1.46. The lowest BCUT2D eigenvalue weighted by Gasteiger charge is -2.15. The minimum absolute atomic E-state index is 0.231. The maximum Gasteiger partial charge on any atom is 0.253 e. The molecule has 1 saturated heterocycles. The molecule has 2 aromatic carbocycles. The van der Waals surface area contributed by atoms with Crippen molar-refractivity contribution in [3.05, 3.63) is 70.2 Å². The SMILES string of the molecule is C[C@H](NC(=O)c1ccccc1Cl)C(=O)NCc1ccc(C[NH+]2CCCC2)cc1. The van der Waals surface area contributed by atoms with Gasteiger partial charge in [-0.25, -0.2) is 0 Å². The van der Waals surface area contributed by atoms with Gasteiger partial charge in [-0.3, -0.25) is 9.59 Å². The van der Waals surface area contributed by atoms with Crippen LogP contribution in [0.1, 0.15) is 41.3 Å². The third kappa shape index (κ3) is 5.57. The van der Waals surface area contributed by atoms with Crippen LogP contribution in [0.5, 0.6) is 0 Å². The van der Waals surface area contributed by atoms with Gasteiger partial charge in [0.15, 0.2) is 0 Å². The first-order chi connectivity index (χ1) is 13.5. The van der Waals surface area contributed by atoms with Crippen molar-refractivity contribution in [2.24, 2.45) is 0 Å². The van der Waals surface area contributed by atoms with Gasteiger partial charge in [-0.1, -0.05) is 48.0 Å². The Hall–Kier alpha value is -2.37. The molecule has 0 aliphatic carbocycles. The highest BCUT2D eigenvalue weighted by Crippen LogP contribution is 2.14. The second kappa shape index (κ2) is 9.71. The van der Waals surface area contributed by atoms with Crippen LogP contribution in [0.3, 0.4) is 0 Å². The predicted molar refractivity (Wildman–Crippen MR) is 110 cm³/mol. The summed E-state index contributed by atoms with van der Waals surface area (Å²) in [6.45, 7) is 5.68. The van der Waals surface area contributed by atoms with Crippen LogP contribution in [0.15, 0.2) is 48.5 Å². The van der Waals surface area contributed by atoms with Crippen molar-refractivity contribution < 1.29 is 14.5 Å². The second-order valence-corrected chi connectivity index (χ2v) is 7.75. The summed E-state index contributed by atoms with van der Waals surface area (Å²) in [5, 5.41) is 5.92. The zero-order valence-corrected chi connectivity index (χ0v) is 16.9. The van der Waals surface area contributed by atoms with Crippen molar-refractivity contribution >= 4 is 23.4 Å². The van der Waals surface area contributed by atoms with E-state index in [1.165, 1.54) is 31.5 Å². The molecule has 3 rings (SSSR count). The average Bonchev–Trinajstić information content (AvgIpc) is 3.20. The summed E-state index contributed by atoms with van der Waals surface area (Å²) in [4.78, 5) is 26.2. The van der Waals surface area contributed by atoms with E-state index >= 15 is 0 Å². The van der Waals surface area contributed by atoms with E-state index in [-0.39, 0.29) is 11.8 Å². The zero-order valence-electron chi connectivity index (χ0n) is 16.1. The van der Waals surface area contributed by atoms with Crippen LogP contribution in [-0.4, -0.2) is 30.9 Å². The van der Waals surface area contributed by atoms with E-state index in [0.29, 0.717) is 17.1 Å². The summed E-state index contributed by atoms with van der Waals surface area (Å²) < 4.78 is 0. The molecule has 3 N–H and O–H groups in total. The van der Waals surface area contributed by atoms with E-state index in [2.05, 4.69) is 34.9 Å². The fourth-order valence-electron chi connectivity index (χ4n) is 3.44. The number of likely N-dealkylation sites (tertiary alicyclic amines) is 1. The molecule has 1 aliphatic rings. The lowest BCUT2D eigenvalue weighted by Crippen LogP contribution is -3.08. The van der Waals surface area contributed by atoms with Gasteiger partial charge in [0.1, 0.15) is 12.6 Å². The fraction of sp³-hybridized carbons (Fsp3) is 0.364. The molecule has 1 aliphatic heterocycles. The topological polar surface area (TPSA) is 62.6 Å². The van der Waals surface area contributed by atoms with Crippen LogP contribution in [-0.2, 0) is 17.9 Å². The van der Waals surface area contributed by atoms with Crippen LogP contribution in [0.2, 0.25) is 5.02 Å². The molecule has 28 heavy (non-hydrogen) atoms. The van der Waals surface area contributed by atoms with E-state index < -0.39 is 6.04 Å². The molecule has 0 radical (unpaired) electrons. The Bertz CT molecular complexity index is 817. The Morgan fingerprint density at radius 3 is 2.36 bits per heavy atom. The molecule has 148 valence electrons. The van der Waals surface area contributed by atoms with Gasteiger partial charge in [0, 0.05) is 24.9 Å². The van der Waals surface area contributed by atoms with Crippen molar-refractivity contribution in [3.63, 3.8) is 0 Å². The van der Waals surface area contributed by atoms with E-state index in [1.807, 2.05) is 0 Å². The van der Waals surface area contributed by atoms with Gasteiger partial charge in [-0.2, -0.15) is 0 Å². The van der Waals surface area contributed by atoms with Crippen molar-refractivity contribution in [1.82, 2.24) is 10.6 Å². The number of hydrogen-bond donors (Lipinski definition) is 3. The molecule has 5 nitrogen and oxygen atoms in total. The molecular weight excluding hydrogens is 374 g/mol. The minimum atomic E-state index is -0.651. The lowest BCUT2D eigenvalue weighted by molar-refractivity contribution is -0.901. The zero-order chi connectivity index (χ0) is 19.9. The van der Waals surface area contributed by atoms with Crippen LogP contribution < -0.4 is 15.5 Å². The Morgan fingerprint density at radius 1 is 1.04 bits per heavy atom. The molecule has 0 saturated carbocycles. The van der Waals surface area contributed by atoms with Crippen molar-refractivity contribution in [2.75, 3.05) is 13.1 Å². The Morgan fingerprint density at radius 2 is 1.68 bits per heavy atom. The quantitative estimate of drug-likeness (QED) is 0.665. The number of amides is 2. The van der Waals surface area contributed by atoms with E-state index in [4.69, 9.17) is 11.6 Å². The molecule has 0 bridgehead atoms. The van der Waals surface area contributed by atoms with Gasteiger partial charge in [0.2, 0.25) is 5.91 Å². The number of benzene rings is 2. The third-order valence-corrected chi connectivity index (χ3v) is 5.44. The summed E-state index contributed by atoms with van der Waals surface area (Å²) >= 11 is 6.03. The summed E-state index contributed by atoms with van der Waals surface area (Å²) in [6, 6.07) is 14.5. The molecule has 0 unspecified atom stereocenters. The van der Waals surface area contributed by atoms with Gasteiger partial charge in [-0.05, 0) is 24.6 Å². The maximum absolute atomic E-state index is 12.3. The summed E-state index contributed by atoms with van der Waals surface area (Å²) in [6.07, 6.45) is 2.65. The minimum Gasteiger partial charge on any atom is -0.350 e. The molecule has 0 aromatic heterocycles. The molecule has 1 atom stereocenters. The molecule has 2 aromatic rings. The molecule has 2 amide bonds. The maximum atomic E-state index is 12.3. The van der Waals surface area contributed by atoms with Crippen molar-refractivity contribution in [2.45, 2.75) is 38.9 Å². The third-order valence-electron chi connectivity index (χ3n) is 5.11. The van der Waals surface area contributed by atoms with Crippen molar-refractivity contribution in [3.8, 4) is 0 Å². The first-order valence-electron chi connectivity index (χ1n) is 9.77. The molecule has 6 heteroatoms. The number of quaternary nitrogens is 1. The van der Waals surface area contributed by atoms with E-state index in [1.54, 1.807) is 36.1 Å². The van der Waals surface area contributed by atoms with Gasteiger partial charge in [0.25, 0.3) is 5.91 Å². The number of halogens is 1. The molecule has 1 heterocycles. The van der Waals surface area contributed by atoms with Crippen LogP contribution in [0.25, 0.3) is 0 Å². The summed E-state index contributed by atoms with van der Waals surface area (Å²) in [5.41, 5.74) is 2.73. The Labute approximate surface area is 171 Å². The summed E-state index contributed by atoms with van der Waals surface area (Å²) in [5.74, 6) is -0.590.